The maximum absolute atomic E-state index is 12.8. The fourth-order valence-electron chi connectivity index (χ4n) is 5.73. The highest BCUT2D eigenvalue weighted by atomic mass is 16.7. The zero-order valence-corrected chi connectivity index (χ0v) is 25.5. The van der Waals surface area contributed by atoms with Crippen LogP contribution in [0, 0.1) is 0 Å². The Balaban J connectivity index is 1.80. The SMILES string of the molecule is CN[C@@H]1[C@@H](O)[C@@H](O[C@@H]2[C@@H](O)[C@H](O[C@H]3O[C@H](CN=C(N)C(O)CO)CC[C@H]3N)[C@@H](N)C[C@H]2NC(=O)[C@@H](O)[C@@H](O)CN)OC[C@]1(C)O. The number of rotatable bonds is 13. The first-order chi connectivity index (χ1) is 21.1. The standard InChI is InChI=1S/C26H51N7O12/c1-26(41)9-42-25(18(39)21(26)31-2)45-20-13(33-23(40)16(37)14(35)6-27)5-12(29)19(17(20)38)44-24-11(28)4-3-10(43-24)7-32-22(30)15(36)8-34/h10-21,24-25,31,34-39,41H,3-9,27-29H2,1-2H3,(H2,30,32)(H,33,40)/t10-,11+,12-,13+,14-,15?,16-,17-,18+,19+,20-,21+,24+,25+,26-/m0/s1. The number of carbonyl (C=O) groups is 1. The molecule has 3 fully saturated rings. The molecule has 262 valence electrons. The van der Waals surface area contributed by atoms with E-state index in [9.17, 15) is 35.4 Å². The van der Waals surface area contributed by atoms with E-state index >= 15 is 0 Å². The molecular formula is C26H51N7O12. The second-order valence-electron chi connectivity index (χ2n) is 12.1. The summed E-state index contributed by atoms with van der Waals surface area (Å²) < 4.78 is 23.7. The van der Waals surface area contributed by atoms with E-state index in [1.807, 2.05) is 0 Å². The van der Waals surface area contributed by atoms with Gasteiger partial charge in [0, 0.05) is 12.6 Å². The summed E-state index contributed by atoms with van der Waals surface area (Å²) in [5.74, 6) is -1.16. The number of aliphatic imine (C=N–C) groups is 1. The quantitative estimate of drug-likeness (QED) is 0.0648. The molecule has 0 aromatic rings. The molecule has 0 radical (unpaired) electrons. The number of aliphatic hydroxyl groups excluding tert-OH is 6. The number of amides is 1. The van der Waals surface area contributed by atoms with Gasteiger partial charge in [0.15, 0.2) is 18.7 Å². The highest BCUT2D eigenvalue weighted by Crippen LogP contribution is 2.32. The van der Waals surface area contributed by atoms with Gasteiger partial charge in [0.25, 0.3) is 5.91 Å². The van der Waals surface area contributed by atoms with Crippen molar-refractivity contribution < 1.29 is 59.5 Å². The van der Waals surface area contributed by atoms with Gasteiger partial charge in [-0.05, 0) is 33.2 Å². The van der Waals surface area contributed by atoms with E-state index in [0.29, 0.717) is 12.8 Å². The summed E-state index contributed by atoms with van der Waals surface area (Å²) in [5.41, 5.74) is 22.2. The molecule has 17 N–H and O–H groups in total. The number of carbonyl (C=O) groups excluding carboxylic acids is 1. The number of hydrogen-bond acceptors (Lipinski definition) is 17. The molecule has 0 bridgehead atoms. The van der Waals surface area contributed by atoms with Crippen LogP contribution in [0.4, 0.5) is 0 Å². The van der Waals surface area contributed by atoms with Crippen LogP contribution in [0.5, 0.6) is 0 Å². The molecule has 0 aromatic carbocycles. The summed E-state index contributed by atoms with van der Waals surface area (Å²) in [4.78, 5) is 16.8. The lowest BCUT2D eigenvalue weighted by molar-refractivity contribution is -0.307. The summed E-state index contributed by atoms with van der Waals surface area (Å²) in [6.07, 6.45) is -12.4. The molecule has 3 aliphatic rings. The fraction of sp³-hybridized carbons (Fsp3) is 0.923. The van der Waals surface area contributed by atoms with Gasteiger partial charge in [-0.1, -0.05) is 0 Å². The maximum Gasteiger partial charge on any atom is 0.251 e. The highest BCUT2D eigenvalue weighted by molar-refractivity contribution is 5.84. The van der Waals surface area contributed by atoms with Crippen LogP contribution in [0.3, 0.4) is 0 Å². The van der Waals surface area contributed by atoms with E-state index in [0.717, 1.165) is 0 Å². The average Bonchev–Trinajstić information content (AvgIpc) is 3.00. The molecule has 19 nitrogen and oxygen atoms in total. The Labute approximate surface area is 260 Å². The minimum atomic E-state index is -1.89. The Morgan fingerprint density at radius 3 is 2.38 bits per heavy atom. The largest absolute Gasteiger partial charge is 0.393 e. The number of nitrogens with one attached hydrogen (secondary N) is 2. The van der Waals surface area contributed by atoms with E-state index in [4.69, 9.17) is 47.0 Å². The first-order valence-corrected chi connectivity index (χ1v) is 14.9. The highest BCUT2D eigenvalue weighted by Gasteiger charge is 2.52. The monoisotopic (exact) mass is 653 g/mol. The topological polar surface area (TPSA) is 336 Å². The van der Waals surface area contributed by atoms with Crippen molar-refractivity contribution in [2.75, 3.05) is 33.4 Å². The van der Waals surface area contributed by atoms with Gasteiger partial charge in [0.05, 0.1) is 44.0 Å². The van der Waals surface area contributed by atoms with Crippen molar-refractivity contribution >= 4 is 11.7 Å². The Hall–Kier alpha value is -1.66. The normalized spacial score (nSPS) is 41.7. The number of ether oxygens (including phenoxy) is 4. The van der Waals surface area contributed by atoms with Crippen molar-refractivity contribution in [3.8, 4) is 0 Å². The zero-order valence-electron chi connectivity index (χ0n) is 25.5. The third-order valence-corrected chi connectivity index (χ3v) is 8.43. The van der Waals surface area contributed by atoms with E-state index in [-0.39, 0.29) is 25.4 Å². The predicted octanol–water partition coefficient (Wildman–Crippen LogP) is -7.39. The maximum atomic E-state index is 12.8. The molecule has 15 atom stereocenters. The van der Waals surface area contributed by atoms with Crippen molar-refractivity contribution in [1.82, 2.24) is 10.6 Å². The lowest BCUT2D eigenvalue weighted by Gasteiger charge is -2.49. The van der Waals surface area contributed by atoms with Crippen LogP contribution in [-0.2, 0) is 23.7 Å². The fourth-order valence-corrected chi connectivity index (χ4v) is 5.73. The minimum Gasteiger partial charge on any atom is -0.393 e. The van der Waals surface area contributed by atoms with E-state index < -0.39 is 110 Å². The molecule has 45 heavy (non-hydrogen) atoms. The van der Waals surface area contributed by atoms with Crippen molar-refractivity contribution in [3.05, 3.63) is 0 Å². The first-order valence-electron chi connectivity index (χ1n) is 14.9. The van der Waals surface area contributed by atoms with Gasteiger partial charge < -0.3 is 88.3 Å². The average molecular weight is 654 g/mol. The number of likely N-dealkylation sites (N-methyl/N-ethyl adjacent to an activating group) is 1. The smallest absolute Gasteiger partial charge is 0.251 e. The van der Waals surface area contributed by atoms with Crippen LogP contribution in [0.25, 0.3) is 0 Å². The molecule has 19 heteroatoms. The van der Waals surface area contributed by atoms with Gasteiger partial charge >= 0.3 is 0 Å². The van der Waals surface area contributed by atoms with Crippen LogP contribution in [-0.4, -0.2) is 172 Å². The van der Waals surface area contributed by atoms with Crippen LogP contribution in [0.2, 0.25) is 0 Å². The van der Waals surface area contributed by atoms with Crippen molar-refractivity contribution in [1.29, 1.82) is 0 Å². The number of amidine groups is 1. The van der Waals surface area contributed by atoms with Crippen LogP contribution in [0.1, 0.15) is 26.2 Å². The molecule has 1 saturated carbocycles. The summed E-state index contributed by atoms with van der Waals surface area (Å²) in [6, 6.07) is -3.52. The lowest BCUT2D eigenvalue weighted by Crippen LogP contribution is -2.69. The predicted molar refractivity (Wildman–Crippen MR) is 156 cm³/mol. The number of aliphatic hydroxyl groups is 7. The summed E-state index contributed by atoms with van der Waals surface area (Å²) >= 11 is 0. The molecule has 2 aliphatic heterocycles. The third kappa shape index (κ3) is 9.24. The van der Waals surface area contributed by atoms with Crippen molar-refractivity contribution in [2.45, 2.75) is 117 Å². The number of hydrogen-bond donors (Lipinski definition) is 13. The Bertz CT molecular complexity index is 983. The molecular weight excluding hydrogens is 602 g/mol. The minimum absolute atomic E-state index is 0.0406. The molecule has 0 spiro atoms. The summed E-state index contributed by atoms with van der Waals surface area (Å²) in [5, 5.41) is 77.3. The summed E-state index contributed by atoms with van der Waals surface area (Å²) in [7, 11) is 1.53. The molecule has 3 rings (SSSR count). The van der Waals surface area contributed by atoms with E-state index in [1.54, 1.807) is 0 Å². The second-order valence-corrected chi connectivity index (χ2v) is 12.1. The van der Waals surface area contributed by atoms with E-state index in [1.165, 1.54) is 14.0 Å². The van der Waals surface area contributed by atoms with E-state index in [2.05, 4.69) is 15.6 Å². The lowest BCUT2D eigenvalue weighted by atomic mass is 9.83. The van der Waals surface area contributed by atoms with Gasteiger partial charge in [-0.25, -0.2) is 0 Å². The third-order valence-electron chi connectivity index (χ3n) is 8.43. The van der Waals surface area contributed by atoms with Gasteiger partial charge in [0.2, 0.25) is 0 Å². The molecule has 0 aromatic heterocycles. The van der Waals surface area contributed by atoms with Gasteiger partial charge in [0.1, 0.15) is 48.1 Å². The second kappa shape index (κ2) is 16.4. The van der Waals surface area contributed by atoms with Crippen molar-refractivity contribution in [2.24, 2.45) is 27.9 Å². The Morgan fingerprint density at radius 2 is 1.76 bits per heavy atom. The number of nitrogens with zero attached hydrogens (tertiary/aromatic N) is 1. The molecule has 1 amide bonds. The molecule has 1 aliphatic carbocycles. The molecule has 2 saturated heterocycles. The number of nitrogens with two attached hydrogens (primary N) is 4. The van der Waals surface area contributed by atoms with Crippen LogP contribution in [0.15, 0.2) is 4.99 Å². The summed E-state index contributed by atoms with van der Waals surface area (Å²) in [6.45, 7) is 0.278. The van der Waals surface area contributed by atoms with Crippen molar-refractivity contribution in [3.63, 3.8) is 0 Å². The first kappa shape index (κ1) is 37.8. The Kier molecular flexibility index (Phi) is 13.8. The Morgan fingerprint density at radius 1 is 1.09 bits per heavy atom. The van der Waals surface area contributed by atoms with Gasteiger partial charge in [-0.2, -0.15) is 0 Å². The van der Waals surface area contributed by atoms with Crippen LogP contribution < -0.4 is 33.6 Å². The zero-order chi connectivity index (χ0) is 33.6. The van der Waals surface area contributed by atoms with Gasteiger partial charge in [-0.3, -0.25) is 9.79 Å². The van der Waals surface area contributed by atoms with Gasteiger partial charge in [-0.15, -0.1) is 0 Å². The molecule has 2 heterocycles. The molecule has 1 unspecified atom stereocenters. The van der Waals surface area contributed by atoms with Crippen LogP contribution >= 0.6 is 0 Å².